The number of benzene rings is 2. The molecule has 0 amide bonds. The summed E-state index contributed by atoms with van der Waals surface area (Å²) in [6, 6.07) is 20.7. The van der Waals surface area contributed by atoms with Crippen LogP contribution in [0.2, 0.25) is 0 Å². The highest BCUT2D eigenvalue weighted by molar-refractivity contribution is 5.97. The van der Waals surface area contributed by atoms with Gasteiger partial charge in [0.2, 0.25) is 0 Å². The van der Waals surface area contributed by atoms with Gasteiger partial charge >= 0.3 is 0 Å². The Morgan fingerprint density at radius 3 is 2.44 bits per heavy atom. The Balaban J connectivity index is 1.50. The van der Waals surface area contributed by atoms with Crippen molar-refractivity contribution in [1.82, 2.24) is 19.2 Å². The number of nitrogens with zero attached hydrogens (tertiary/aromatic N) is 4. The summed E-state index contributed by atoms with van der Waals surface area (Å²) in [7, 11) is 0. The molecule has 0 spiro atoms. The van der Waals surface area contributed by atoms with Gasteiger partial charge in [-0.1, -0.05) is 42.0 Å². The summed E-state index contributed by atoms with van der Waals surface area (Å²) in [6.45, 7) is 7.58. The first-order valence-corrected chi connectivity index (χ1v) is 11.7. The van der Waals surface area contributed by atoms with Crippen LogP contribution in [0.5, 0.6) is 5.75 Å². The van der Waals surface area contributed by atoms with Crippen LogP contribution in [0.15, 0.2) is 77.7 Å². The molecule has 0 N–H and O–H groups in total. The number of rotatable bonds is 6. The van der Waals surface area contributed by atoms with Crippen LogP contribution in [-0.2, 0) is 0 Å². The van der Waals surface area contributed by atoms with E-state index in [1.54, 1.807) is 37.4 Å². The highest BCUT2D eigenvalue weighted by atomic mass is 16.5. The lowest BCUT2D eigenvalue weighted by Gasteiger charge is -2.11. The van der Waals surface area contributed by atoms with Crippen LogP contribution >= 0.6 is 0 Å². The van der Waals surface area contributed by atoms with E-state index in [1.165, 1.54) is 4.40 Å². The van der Waals surface area contributed by atoms with Gasteiger partial charge in [0.15, 0.2) is 23.8 Å². The fourth-order valence-corrected chi connectivity index (χ4v) is 4.23. The van der Waals surface area contributed by atoms with E-state index < -0.39 is 0 Å². The van der Waals surface area contributed by atoms with E-state index in [0.29, 0.717) is 33.9 Å². The smallest absolute Gasteiger partial charge is 0.267 e. The van der Waals surface area contributed by atoms with Crippen LogP contribution in [-0.4, -0.2) is 31.6 Å². The van der Waals surface area contributed by atoms with Crippen molar-refractivity contribution in [2.75, 3.05) is 6.61 Å². The number of hydrogen-bond donors (Lipinski definition) is 0. The molecule has 3 aromatic heterocycles. The van der Waals surface area contributed by atoms with Gasteiger partial charge in [-0.05, 0) is 63.6 Å². The number of carbonyl (C=O) groups excluding carboxylic acids is 1. The maximum absolute atomic E-state index is 13.6. The van der Waals surface area contributed by atoms with Gasteiger partial charge in [-0.25, -0.2) is 9.67 Å². The van der Waals surface area contributed by atoms with E-state index in [0.717, 1.165) is 22.5 Å². The molecule has 5 aromatic rings. The molecule has 180 valence electrons. The van der Waals surface area contributed by atoms with Gasteiger partial charge in [0.1, 0.15) is 5.69 Å². The lowest BCUT2D eigenvalue weighted by Crippen LogP contribution is -2.20. The molecule has 2 aromatic carbocycles. The lowest BCUT2D eigenvalue weighted by molar-refractivity contribution is 0.0922. The average molecular weight is 479 g/mol. The van der Waals surface area contributed by atoms with E-state index in [9.17, 15) is 9.59 Å². The summed E-state index contributed by atoms with van der Waals surface area (Å²) in [6.07, 6.45) is 1.65. The summed E-state index contributed by atoms with van der Waals surface area (Å²) in [5, 5.41) is 4.73. The number of pyridine rings is 1. The normalized spacial score (nSPS) is 11.1. The first-order valence-electron chi connectivity index (χ1n) is 11.7. The molecule has 0 aliphatic rings. The molecular weight excluding hydrogens is 452 g/mol. The standard InChI is InChI=1S/C29H26N4O3/c1-18-10-12-22(13-11-18)25(34)17-36-26-9-6-14-32-28(26)30-21(4)27(29(32)35)24-16-20(3)33(31-24)23-8-5-7-19(2)15-23/h5-16H,17H2,1-4H3. The molecule has 0 saturated heterocycles. The zero-order valence-electron chi connectivity index (χ0n) is 20.6. The molecule has 0 aliphatic carbocycles. The fraction of sp³-hybridized carbons (Fsp3) is 0.172. The molecule has 36 heavy (non-hydrogen) atoms. The minimum atomic E-state index is -0.248. The number of Topliss-reactive ketones (excluding diaryl/α,β-unsaturated/α-hetero) is 1. The number of ether oxygens (including phenoxy) is 1. The number of hydrogen-bond acceptors (Lipinski definition) is 5. The highest BCUT2D eigenvalue weighted by Gasteiger charge is 2.19. The van der Waals surface area contributed by atoms with E-state index >= 15 is 0 Å². The molecule has 7 heteroatoms. The summed E-state index contributed by atoms with van der Waals surface area (Å²) in [5.41, 5.74) is 6.24. The highest BCUT2D eigenvalue weighted by Crippen LogP contribution is 2.24. The minimum Gasteiger partial charge on any atom is -0.482 e. The zero-order valence-corrected chi connectivity index (χ0v) is 20.6. The molecule has 0 bridgehead atoms. The van der Waals surface area contributed by atoms with Crippen molar-refractivity contribution in [1.29, 1.82) is 0 Å². The van der Waals surface area contributed by atoms with Crippen molar-refractivity contribution in [3.8, 4) is 22.7 Å². The van der Waals surface area contributed by atoms with E-state index in [4.69, 9.17) is 9.84 Å². The Hall–Kier alpha value is -4.52. The molecule has 0 unspecified atom stereocenters. The molecule has 0 aliphatic heterocycles. The van der Waals surface area contributed by atoms with Gasteiger partial charge in [-0.15, -0.1) is 0 Å². The molecule has 0 radical (unpaired) electrons. The second-order valence-corrected chi connectivity index (χ2v) is 8.94. The van der Waals surface area contributed by atoms with E-state index in [2.05, 4.69) is 4.98 Å². The number of fused-ring (bicyclic) bond motifs is 1. The first kappa shape index (κ1) is 23.2. The first-order chi connectivity index (χ1) is 17.3. The van der Waals surface area contributed by atoms with Crippen molar-refractivity contribution in [2.24, 2.45) is 0 Å². The molecule has 0 fully saturated rings. The number of aryl methyl sites for hydroxylation is 4. The minimum absolute atomic E-state index is 0.148. The molecule has 7 nitrogen and oxygen atoms in total. The number of aromatic nitrogens is 4. The van der Waals surface area contributed by atoms with Gasteiger partial charge in [0, 0.05) is 17.5 Å². The second-order valence-electron chi connectivity index (χ2n) is 8.94. The Bertz CT molecular complexity index is 1660. The maximum atomic E-state index is 13.6. The van der Waals surface area contributed by atoms with Gasteiger partial charge in [0.25, 0.3) is 5.56 Å². The maximum Gasteiger partial charge on any atom is 0.267 e. The summed E-state index contributed by atoms with van der Waals surface area (Å²) in [5.74, 6) is 0.219. The lowest BCUT2D eigenvalue weighted by atomic mass is 10.1. The monoisotopic (exact) mass is 478 g/mol. The van der Waals surface area contributed by atoms with Gasteiger partial charge < -0.3 is 4.74 Å². The average Bonchev–Trinajstić information content (AvgIpc) is 3.24. The van der Waals surface area contributed by atoms with Crippen LogP contribution in [0.25, 0.3) is 22.6 Å². The van der Waals surface area contributed by atoms with Crippen LogP contribution < -0.4 is 10.3 Å². The van der Waals surface area contributed by atoms with Gasteiger partial charge in [-0.2, -0.15) is 5.10 Å². The topological polar surface area (TPSA) is 78.5 Å². The Morgan fingerprint density at radius 1 is 0.917 bits per heavy atom. The Kier molecular flexibility index (Phi) is 5.98. The third-order valence-electron chi connectivity index (χ3n) is 6.12. The van der Waals surface area contributed by atoms with Gasteiger partial charge in [-0.3, -0.25) is 14.0 Å². The van der Waals surface area contributed by atoms with E-state index in [1.807, 2.05) is 67.9 Å². The summed E-state index contributed by atoms with van der Waals surface area (Å²) < 4.78 is 9.09. The van der Waals surface area contributed by atoms with Crippen LogP contribution in [0.3, 0.4) is 0 Å². The van der Waals surface area contributed by atoms with Crippen molar-refractivity contribution in [3.63, 3.8) is 0 Å². The molecule has 5 rings (SSSR count). The van der Waals surface area contributed by atoms with Crippen LogP contribution in [0, 0.1) is 27.7 Å². The second kappa shape index (κ2) is 9.26. The third kappa shape index (κ3) is 4.31. The largest absolute Gasteiger partial charge is 0.482 e. The fourth-order valence-electron chi connectivity index (χ4n) is 4.23. The summed E-state index contributed by atoms with van der Waals surface area (Å²) >= 11 is 0. The quantitative estimate of drug-likeness (QED) is 0.320. The molecular formula is C29H26N4O3. The predicted molar refractivity (Wildman–Crippen MR) is 139 cm³/mol. The summed E-state index contributed by atoms with van der Waals surface area (Å²) in [4.78, 5) is 30.8. The third-order valence-corrected chi connectivity index (χ3v) is 6.12. The van der Waals surface area contributed by atoms with Crippen molar-refractivity contribution in [3.05, 3.63) is 111 Å². The SMILES string of the molecule is Cc1ccc(C(=O)COc2cccn3c(=O)c(-c4cc(C)n(-c5cccc(C)c5)n4)c(C)nc23)cc1. The molecule has 3 heterocycles. The predicted octanol–water partition coefficient (Wildman–Crippen LogP) is 5.04. The Labute approximate surface area is 208 Å². The van der Waals surface area contributed by atoms with Crippen LogP contribution in [0.1, 0.15) is 32.9 Å². The van der Waals surface area contributed by atoms with Crippen LogP contribution in [0.4, 0.5) is 0 Å². The molecule has 0 saturated carbocycles. The molecule has 0 atom stereocenters. The number of ketones is 1. The zero-order chi connectivity index (χ0) is 25.4. The Morgan fingerprint density at radius 2 is 1.69 bits per heavy atom. The van der Waals surface area contributed by atoms with Crippen molar-refractivity contribution in [2.45, 2.75) is 27.7 Å². The number of carbonyl (C=O) groups is 1. The van der Waals surface area contributed by atoms with Gasteiger partial charge in [0.05, 0.1) is 16.9 Å². The van der Waals surface area contributed by atoms with Crippen molar-refractivity contribution >= 4 is 11.4 Å². The van der Waals surface area contributed by atoms with Crippen molar-refractivity contribution < 1.29 is 9.53 Å². The van der Waals surface area contributed by atoms with E-state index in [-0.39, 0.29) is 17.9 Å².